The molecule has 0 unspecified atom stereocenters. The van der Waals surface area contributed by atoms with Gasteiger partial charge in [0.15, 0.2) is 0 Å². The first-order valence-electron chi connectivity index (χ1n) is 4.83. The molecule has 2 aliphatic rings. The summed E-state index contributed by atoms with van der Waals surface area (Å²) in [6.45, 7) is 1.86. The molecule has 1 aliphatic heterocycles. The average molecular weight is 169 g/mol. The molecule has 0 spiro atoms. The number of carbonyl (C=O) groups is 1. The lowest BCUT2D eigenvalue weighted by molar-refractivity contribution is -0.196. The number of carbonyl (C=O) groups excluding carboxylic acids is 1. The lowest BCUT2D eigenvalue weighted by atomic mass is 10.2. The number of hydroxylamine groups is 2. The third-order valence-corrected chi connectivity index (χ3v) is 2.44. The van der Waals surface area contributed by atoms with Crippen LogP contribution < -0.4 is 0 Å². The summed E-state index contributed by atoms with van der Waals surface area (Å²) in [5, 5.41) is 1.82. The Morgan fingerprint density at radius 2 is 1.83 bits per heavy atom. The molecule has 0 N–H and O–H groups in total. The maximum absolute atomic E-state index is 11.2. The van der Waals surface area contributed by atoms with E-state index in [1.807, 2.05) is 5.06 Å². The molecular weight excluding hydrogens is 154 g/mol. The topological polar surface area (TPSA) is 29.5 Å². The van der Waals surface area contributed by atoms with Gasteiger partial charge in [-0.25, -0.2) is 0 Å². The van der Waals surface area contributed by atoms with Crippen molar-refractivity contribution in [2.45, 2.75) is 32.1 Å². The molecule has 2 rings (SSSR count). The molecule has 1 heterocycles. The Balaban J connectivity index is 1.73. The maximum atomic E-state index is 11.2. The molecule has 3 nitrogen and oxygen atoms in total. The fourth-order valence-corrected chi connectivity index (χ4v) is 1.48. The summed E-state index contributed by atoms with van der Waals surface area (Å²) in [4.78, 5) is 16.4. The summed E-state index contributed by atoms with van der Waals surface area (Å²) in [5.41, 5.74) is 0. The van der Waals surface area contributed by atoms with Crippen molar-refractivity contribution < 1.29 is 9.63 Å². The van der Waals surface area contributed by atoms with E-state index in [2.05, 4.69) is 0 Å². The van der Waals surface area contributed by atoms with Crippen molar-refractivity contribution in [1.29, 1.82) is 0 Å². The van der Waals surface area contributed by atoms with Gasteiger partial charge in [-0.3, -0.25) is 4.79 Å². The Kier molecular flexibility index (Phi) is 2.30. The lowest BCUT2D eigenvalue weighted by Crippen LogP contribution is -2.32. The first-order valence-corrected chi connectivity index (χ1v) is 4.83. The van der Waals surface area contributed by atoms with E-state index in [-0.39, 0.29) is 11.9 Å². The van der Waals surface area contributed by atoms with Crippen LogP contribution in [0.25, 0.3) is 0 Å². The summed E-state index contributed by atoms with van der Waals surface area (Å²) >= 11 is 0. The second-order valence-electron chi connectivity index (χ2n) is 3.67. The van der Waals surface area contributed by atoms with Crippen LogP contribution in [0.4, 0.5) is 0 Å². The van der Waals surface area contributed by atoms with E-state index in [0.717, 1.165) is 38.8 Å². The Bertz CT molecular complexity index is 171. The minimum atomic E-state index is -0.00287. The normalized spacial score (nSPS) is 25.3. The molecule has 0 aromatic rings. The lowest BCUT2D eigenvalue weighted by Gasteiger charge is -2.24. The summed E-state index contributed by atoms with van der Waals surface area (Å²) < 4.78 is 0. The number of hydrogen-bond donors (Lipinski definition) is 0. The number of nitrogens with zero attached hydrogens (tertiary/aromatic N) is 1. The molecule has 0 bridgehead atoms. The number of hydrogen-bond acceptors (Lipinski definition) is 3. The highest BCUT2D eigenvalue weighted by Gasteiger charge is 2.33. The minimum Gasteiger partial charge on any atom is -0.368 e. The molecule has 0 aromatic heterocycles. The summed E-state index contributed by atoms with van der Waals surface area (Å²) in [7, 11) is 0. The van der Waals surface area contributed by atoms with E-state index >= 15 is 0 Å². The monoisotopic (exact) mass is 169 g/mol. The van der Waals surface area contributed by atoms with Gasteiger partial charge in [0.1, 0.15) is 0 Å². The average Bonchev–Trinajstić information content (AvgIpc) is 2.88. The largest absolute Gasteiger partial charge is 0.368 e. The van der Waals surface area contributed by atoms with E-state index in [1.165, 1.54) is 6.42 Å². The fourth-order valence-electron chi connectivity index (χ4n) is 1.48. The summed E-state index contributed by atoms with van der Waals surface area (Å²) in [5.74, 6) is 0.226. The molecule has 2 fully saturated rings. The van der Waals surface area contributed by atoms with Crippen LogP contribution in [0.15, 0.2) is 0 Å². The van der Waals surface area contributed by atoms with Crippen LogP contribution in [0.1, 0.15) is 32.1 Å². The third kappa shape index (κ3) is 1.97. The first kappa shape index (κ1) is 8.05. The smallest absolute Gasteiger partial charge is 0.328 e. The van der Waals surface area contributed by atoms with Crippen molar-refractivity contribution >= 4 is 5.97 Å². The van der Waals surface area contributed by atoms with Gasteiger partial charge in [0.25, 0.3) is 0 Å². The summed E-state index contributed by atoms with van der Waals surface area (Å²) in [6.07, 6.45) is 5.67. The predicted molar refractivity (Wildman–Crippen MR) is 44.2 cm³/mol. The summed E-state index contributed by atoms with van der Waals surface area (Å²) in [6, 6.07) is 0. The quantitative estimate of drug-likeness (QED) is 0.624. The number of piperidine rings is 1. The second kappa shape index (κ2) is 3.44. The van der Waals surface area contributed by atoms with Crippen molar-refractivity contribution in [3.8, 4) is 0 Å². The van der Waals surface area contributed by atoms with Gasteiger partial charge < -0.3 is 4.84 Å². The molecule has 0 atom stereocenters. The van der Waals surface area contributed by atoms with Crippen molar-refractivity contribution in [3.05, 3.63) is 0 Å². The van der Waals surface area contributed by atoms with Gasteiger partial charge >= 0.3 is 5.97 Å². The van der Waals surface area contributed by atoms with Gasteiger partial charge in [0, 0.05) is 13.1 Å². The zero-order valence-electron chi connectivity index (χ0n) is 7.29. The standard InChI is InChI=1S/C9H15NO2/c11-9(8-4-5-8)12-10-6-2-1-3-7-10/h8H,1-7H2. The second-order valence-corrected chi connectivity index (χ2v) is 3.67. The molecular formula is C9H15NO2. The Morgan fingerprint density at radius 1 is 1.17 bits per heavy atom. The van der Waals surface area contributed by atoms with Crippen LogP contribution in [0.5, 0.6) is 0 Å². The highest BCUT2D eigenvalue weighted by molar-refractivity contribution is 5.74. The van der Waals surface area contributed by atoms with Gasteiger partial charge in [-0.05, 0) is 25.7 Å². The third-order valence-electron chi connectivity index (χ3n) is 2.44. The highest BCUT2D eigenvalue weighted by Crippen LogP contribution is 2.30. The van der Waals surface area contributed by atoms with Gasteiger partial charge in [-0.2, -0.15) is 0 Å². The van der Waals surface area contributed by atoms with Crippen molar-refractivity contribution in [1.82, 2.24) is 5.06 Å². The van der Waals surface area contributed by atoms with E-state index in [0.29, 0.717) is 0 Å². The Hall–Kier alpha value is -0.570. The van der Waals surface area contributed by atoms with Crippen molar-refractivity contribution in [2.24, 2.45) is 5.92 Å². The fraction of sp³-hybridized carbons (Fsp3) is 0.889. The molecule has 0 aromatic carbocycles. The molecule has 0 amide bonds. The molecule has 1 aliphatic carbocycles. The highest BCUT2D eigenvalue weighted by atomic mass is 16.7. The van der Waals surface area contributed by atoms with Crippen LogP contribution in [-0.4, -0.2) is 24.1 Å². The van der Waals surface area contributed by atoms with Crippen LogP contribution in [-0.2, 0) is 9.63 Å². The molecule has 68 valence electrons. The Labute approximate surface area is 72.6 Å². The molecule has 3 heteroatoms. The van der Waals surface area contributed by atoms with E-state index in [9.17, 15) is 4.79 Å². The van der Waals surface area contributed by atoms with Gasteiger partial charge in [-0.1, -0.05) is 6.42 Å². The molecule has 12 heavy (non-hydrogen) atoms. The van der Waals surface area contributed by atoms with Crippen molar-refractivity contribution in [3.63, 3.8) is 0 Å². The SMILES string of the molecule is O=C(ON1CCCCC1)C1CC1. The van der Waals surface area contributed by atoms with Crippen molar-refractivity contribution in [2.75, 3.05) is 13.1 Å². The first-order chi connectivity index (χ1) is 5.86. The van der Waals surface area contributed by atoms with Gasteiger partial charge in [0.2, 0.25) is 0 Å². The Morgan fingerprint density at radius 3 is 2.42 bits per heavy atom. The molecule has 1 saturated carbocycles. The maximum Gasteiger partial charge on any atom is 0.328 e. The molecule has 1 saturated heterocycles. The van der Waals surface area contributed by atoms with Crippen LogP contribution in [0, 0.1) is 5.92 Å². The van der Waals surface area contributed by atoms with Crippen LogP contribution in [0.3, 0.4) is 0 Å². The van der Waals surface area contributed by atoms with Gasteiger partial charge in [-0.15, -0.1) is 5.06 Å². The zero-order chi connectivity index (χ0) is 8.39. The number of rotatable bonds is 2. The van der Waals surface area contributed by atoms with Crippen LogP contribution >= 0.6 is 0 Å². The van der Waals surface area contributed by atoms with E-state index < -0.39 is 0 Å². The van der Waals surface area contributed by atoms with E-state index in [4.69, 9.17) is 4.84 Å². The van der Waals surface area contributed by atoms with Gasteiger partial charge in [0.05, 0.1) is 5.92 Å². The zero-order valence-corrected chi connectivity index (χ0v) is 7.29. The van der Waals surface area contributed by atoms with Crippen LogP contribution in [0.2, 0.25) is 0 Å². The minimum absolute atomic E-state index is 0.00287. The predicted octanol–water partition coefficient (Wildman–Crippen LogP) is 1.34. The molecule has 0 radical (unpaired) electrons. The van der Waals surface area contributed by atoms with E-state index in [1.54, 1.807) is 0 Å².